The molecule has 2 rings (SSSR count). The van der Waals surface area contributed by atoms with Gasteiger partial charge in [0.2, 0.25) is 0 Å². The number of esters is 1. The first kappa shape index (κ1) is 19.9. The van der Waals surface area contributed by atoms with Crippen molar-refractivity contribution in [3.63, 3.8) is 0 Å². The standard InChI is InChI=1S/C16H27ClO7/c1-9(18)22-7-5-6-10-8-11(17)12-14(23-10)13(19-2)15(20-3)16(21-4)24-12/h10-16H,5-8H2,1-4H3/t10-,11+,12-,13+,14-,15-,16+/m1/s1. The van der Waals surface area contributed by atoms with Crippen molar-refractivity contribution < 1.29 is 33.2 Å². The van der Waals surface area contributed by atoms with Gasteiger partial charge in [-0.25, -0.2) is 0 Å². The van der Waals surface area contributed by atoms with Crippen LogP contribution in [0.1, 0.15) is 26.2 Å². The third-order valence-corrected chi connectivity index (χ3v) is 4.90. The SMILES string of the molecule is CO[C@H]1O[C@H]2[C@@H](O[C@H](CCCOC(C)=O)C[C@@H]2Cl)[C@H](OC)[C@H]1OC. The lowest BCUT2D eigenvalue weighted by Gasteiger charge is -2.50. The molecule has 2 aliphatic rings. The highest BCUT2D eigenvalue weighted by atomic mass is 35.5. The number of halogens is 1. The van der Waals surface area contributed by atoms with Crippen LogP contribution in [0, 0.1) is 0 Å². The predicted molar refractivity (Wildman–Crippen MR) is 86.1 cm³/mol. The molecular weight excluding hydrogens is 340 g/mol. The van der Waals surface area contributed by atoms with Crippen molar-refractivity contribution in [3.8, 4) is 0 Å². The van der Waals surface area contributed by atoms with E-state index in [0.717, 1.165) is 12.8 Å². The van der Waals surface area contributed by atoms with Gasteiger partial charge in [-0.05, 0) is 19.3 Å². The minimum absolute atomic E-state index is 0.0397. The molecule has 140 valence electrons. The highest BCUT2D eigenvalue weighted by Crippen LogP contribution is 2.37. The molecule has 0 unspecified atom stereocenters. The van der Waals surface area contributed by atoms with Crippen LogP contribution in [-0.2, 0) is 33.2 Å². The second-order valence-electron chi connectivity index (χ2n) is 6.06. The minimum atomic E-state index is -0.549. The van der Waals surface area contributed by atoms with Crippen LogP contribution >= 0.6 is 11.6 Å². The van der Waals surface area contributed by atoms with E-state index in [0.29, 0.717) is 13.0 Å². The monoisotopic (exact) mass is 366 g/mol. The van der Waals surface area contributed by atoms with E-state index in [1.807, 2.05) is 0 Å². The smallest absolute Gasteiger partial charge is 0.302 e. The van der Waals surface area contributed by atoms with Gasteiger partial charge in [-0.2, -0.15) is 0 Å². The molecule has 0 aromatic rings. The summed E-state index contributed by atoms with van der Waals surface area (Å²) >= 11 is 6.54. The van der Waals surface area contributed by atoms with Crippen molar-refractivity contribution in [2.24, 2.45) is 0 Å². The molecule has 0 aromatic carbocycles. The maximum atomic E-state index is 10.8. The third kappa shape index (κ3) is 4.59. The van der Waals surface area contributed by atoms with Crippen LogP contribution < -0.4 is 0 Å². The fraction of sp³-hybridized carbons (Fsp3) is 0.938. The van der Waals surface area contributed by atoms with Gasteiger partial charge < -0.3 is 28.4 Å². The van der Waals surface area contributed by atoms with Gasteiger partial charge in [-0.1, -0.05) is 0 Å². The maximum absolute atomic E-state index is 10.8. The van der Waals surface area contributed by atoms with E-state index in [4.69, 9.17) is 40.0 Å². The second-order valence-corrected chi connectivity index (χ2v) is 6.62. The molecule has 0 radical (unpaired) electrons. The van der Waals surface area contributed by atoms with Gasteiger partial charge in [-0.15, -0.1) is 11.6 Å². The van der Waals surface area contributed by atoms with E-state index in [-0.39, 0.29) is 35.8 Å². The topological polar surface area (TPSA) is 72.5 Å². The van der Waals surface area contributed by atoms with Crippen molar-refractivity contribution >= 4 is 17.6 Å². The fourth-order valence-corrected chi connectivity index (χ4v) is 3.76. The Labute approximate surface area is 147 Å². The first-order valence-electron chi connectivity index (χ1n) is 8.18. The zero-order chi connectivity index (χ0) is 17.7. The number of rotatable bonds is 7. The average Bonchev–Trinajstić information content (AvgIpc) is 2.56. The highest BCUT2D eigenvalue weighted by Gasteiger charge is 2.52. The summed E-state index contributed by atoms with van der Waals surface area (Å²) in [7, 11) is 4.77. The van der Waals surface area contributed by atoms with Gasteiger partial charge >= 0.3 is 5.97 Å². The zero-order valence-corrected chi connectivity index (χ0v) is 15.4. The van der Waals surface area contributed by atoms with E-state index < -0.39 is 12.4 Å². The summed E-state index contributed by atoms with van der Waals surface area (Å²) in [6.45, 7) is 1.78. The second kappa shape index (κ2) is 9.31. The Bertz CT molecular complexity index is 408. The average molecular weight is 367 g/mol. The molecule has 0 aliphatic carbocycles. The fourth-order valence-electron chi connectivity index (χ4n) is 3.36. The first-order chi connectivity index (χ1) is 11.5. The van der Waals surface area contributed by atoms with E-state index in [1.165, 1.54) is 6.92 Å². The molecule has 0 amide bonds. The van der Waals surface area contributed by atoms with Crippen molar-refractivity contribution in [3.05, 3.63) is 0 Å². The minimum Gasteiger partial charge on any atom is -0.466 e. The molecule has 2 saturated heterocycles. The van der Waals surface area contributed by atoms with Crippen LogP contribution in [0.15, 0.2) is 0 Å². The zero-order valence-electron chi connectivity index (χ0n) is 14.6. The quantitative estimate of drug-likeness (QED) is 0.384. The molecule has 0 spiro atoms. The Balaban J connectivity index is 1.98. The lowest BCUT2D eigenvalue weighted by atomic mass is 9.90. The van der Waals surface area contributed by atoms with Gasteiger partial charge in [-0.3, -0.25) is 4.79 Å². The number of carbonyl (C=O) groups excluding carboxylic acids is 1. The van der Waals surface area contributed by atoms with E-state index in [2.05, 4.69) is 0 Å². The molecule has 2 heterocycles. The normalized spacial score (nSPS) is 39.3. The Hall–Kier alpha value is -0.440. The van der Waals surface area contributed by atoms with Crippen LogP contribution in [0.25, 0.3) is 0 Å². The van der Waals surface area contributed by atoms with Gasteiger partial charge in [0.25, 0.3) is 0 Å². The Morgan fingerprint density at radius 2 is 1.79 bits per heavy atom. The van der Waals surface area contributed by atoms with Gasteiger partial charge in [0, 0.05) is 28.3 Å². The number of alkyl halides is 1. The number of fused-ring (bicyclic) bond motifs is 1. The van der Waals surface area contributed by atoms with Gasteiger partial charge in [0.1, 0.15) is 24.4 Å². The molecule has 7 nitrogen and oxygen atoms in total. The molecule has 2 aliphatic heterocycles. The molecule has 0 bridgehead atoms. The van der Waals surface area contributed by atoms with Crippen LogP contribution in [0.4, 0.5) is 0 Å². The summed E-state index contributed by atoms with van der Waals surface area (Å²) < 4.78 is 33.5. The molecule has 0 N–H and O–H groups in total. The lowest BCUT2D eigenvalue weighted by molar-refractivity contribution is -0.321. The van der Waals surface area contributed by atoms with Crippen LogP contribution in [0.2, 0.25) is 0 Å². The van der Waals surface area contributed by atoms with E-state index in [1.54, 1.807) is 21.3 Å². The lowest BCUT2D eigenvalue weighted by Crippen LogP contribution is -2.65. The Morgan fingerprint density at radius 1 is 1.08 bits per heavy atom. The maximum Gasteiger partial charge on any atom is 0.302 e. The molecule has 0 saturated carbocycles. The Morgan fingerprint density at radius 3 is 2.38 bits per heavy atom. The summed E-state index contributed by atoms with van der Waals surface area (Å²) in [6.07, 6.45) is 0.154. The summed E-state index contributed by atoms with van der Waals surface area (Å²) in [5, 5.41) is -0.212. The summed E-state index contributed by atoms with van der Waals surface area (Å²) in [6, 6.07) is 0. The number of methoxy groups -OCH3 is 3. The molecule has 24 heavy (non-hydrogen) atoms. The molecule has 8 heteroatoms. The summed E-state index contributed by atoms with van der Waals surface area (Å²) in [4.78, 5) is 10.8. The van der Waals surface area contributed by atoms with E-state index >= 15 is 0 Å². The Kier molecular flexibility index (Phi) is 7.71. The first-order valence-corrected chi connectivity index (χ1v) is 8.62. The van der Waals surface area contributed by atoms with Gasteiger partial charge in [0.15, 0.2) is 6.29 Å². The van der Waals surface area contributed by atoms with Crippen molar-refractivity contribution in [2.75, 3.05) is 27.9 Å². The van der Waals surface area contributed by atoms with Crippen LogP contribution in [-0.4, -0.2) is 76.1 Å². The number of hydrogen-bond donors (Lipinski definition) is 0. The van der Waals surface area contributed by atoms with Crippen LogP contribution in [0.5, 0.6) is 0 Å². The molecule has 2 fully saturated rings. The molecule has 7 atom stereocenters. The highest BCUT2D eigenvalue weighted by molar-refractivity contribution is 6.21. The predicted octanol–water partition coefficient (Wildman–Crippen LogP) is 1.50. The summed E-state index contributed by atoms with van der Waals surface area (Å²) in [5.74, 6) is -0.275. The van der Waals surface area contributed by atoms with E-state index in [9.17, 15) is 4.79 Å². The number of carbonyl (C=O) groups is 1. The van der Waals surface area contributed by atoms with Crippen molar-refractivity contribution in [1.29, 1.82) is 0 Å². The van der Waals surface area contributed by atoms with Crippen LogP contribution in [0.3, 0.4) is 0 Å². The van der Waals surface area contributed by atoms with Gasteiger partial charge in [0.05, 0.1) is 18.1 Å². The largest absolute Gasteiger partial charge is 0.466 e. The third-order valence-electron chi connectivity index (χ3n) is 4.48. The number of ether oxygens (including phenoxy) is 6. The molecular formula is C16H27ClO7. The van der Waals surface area contributed by atoms with Crippen molar-refractivity contribution in [2.45, 2.75) is 68.4 Å². The van der Waals surface area contributed by atoms with Crippen molar-refractivity contribution in [1.82, 2.24) is 0 Å². The summed E-state index contributed by atoms with van der Waals surface area (Å²) in [5.41, 5.74) is 0. The number of hydrogen-bond acceptors (Lipinski definition) is 7. The molecule has 0 aromatic heterocycles.